The van der Waals surface area contributed by atoms with Crippen molar-refractivity contribution in [1.82, 2.24) is 4.98 Å². The largest absolute Gasteiger partial charge is 0.454 e. The van der Waals surface area contributed by atoms with Crippen molar-refractivity contribution in [1.29, 1.82) is 0 Å². The van der Waals surface area contributed by atoms with Crippen LogP contribution in [0.3, 0.4) is 0 Å². The number of fused-ring (bicyclic) bond motifs is 2. The summed E-state index contributed by atoms with van der Waals surface area (Å²) in [6.45, 7) is 5.53. The Hall–Kier alpha value is -3.61. The number of ether oxygens (including phenoxy) is 3. The summed E-state index contributed by atoms with van der Waals surface area (Å²) in [4.78, 5) is 30.2. The monoisotopic (exact) mass is 406 g/mol. The Morgan fingerprint density at radius 3 is 2.73 bits per heavy atom. The van der Waals surface area contributed by atoms with Crippen LogP contribution >= 0.6 is 0 Å². The predicted molar refractivity (Wildman–Crippen MR) is 112 cm³/mol. The second-order valence-electron chi connectivity index (χ2n) is 7.03. The minimum atomic E-state index is -0.987. The molecule has 0 saturated carbocycles. The molecule has 154 valence electrons. The van der Waals surface area contributed by atoms with Gasteiger partial charge < -0.3 is 19.5 Å². The lowest BCUT2D eigenvalue weighted by Gasteiger charge is -2.17. The maximum Gasteiger partial charge on any atom is 0.339 e. The first-order chi connectivity index (χ1) is 14.5. The van der Waals surface area contributed by atoms with Crippen LogP contribution in [0.4, 0.5) is 5.69 Å². The fourth-order valence-corrected chi connectivity index (χ4v) is 3.46. The van der Waals surface area contributed by atoms with E-state index in [9.17, 15) is 9.59 Å². The fraction of sp³-hybridized carbons (Fsp3) is 0.261. The van der Waals surface area contributed by atoms with Crippen molar-refractivity contribution >= 4 is 28.5 Å². The molecule has 4 rings (SSSR count). The Morgan fingerprint density at radius 1 is 1.17 bits per heavy atom. The molecule has 0 spiro atoms. The van der Waals surface area contributed by atoms with E-state index in [1.54, 1.807) is 25.1 Å². The number of nitrogens with one attached hydrogen (secondary N) is 1. The Morgan fingerprint density at radius 2 is 1.93 bits per heavy atom. The lowest BCUT2D eigenvalue weighted by Crippen LogP contribution is -2.30. The number of carbonyl (C=O) groups excluding carboxylic acids is 2. The minimum absolute atomic E-state index is 0.153. The first-order valence-corrected chi connectivity index (χ1v) is 9.77. The summed E-state index contributed by atoms with van der Waals surface area (Å²) in [6, 6.07) is 12.5. The fourth-order valence-electron chi connectivity index (χ4n) is 3.46. The van der Waals surface area contributed by atoms with Gasteiger partial charge in [-0.25, -0.2) is 4.79 Å². The van der Waals surface area contributed by atoms with Crippen molar-refractivity contribution in [2.75, 3.05) is 12.1 Å². The summed E-state index contributed by atoms with van der Waals surface area (Å²) in [6.07, 6.45) is -0.295. The number of benzene rings is 2. The molecule has 1 atom stereocenters. The Balaban J connectivity index is 1.53. The van der Waals surface area contributed by atoms with E-state index in [4.69, 9.17) is 14.2 Å². The van der Waals surface area contributed by atoms with Gasteiger partial charge >= 0.3 is 5.97 Å². The van der Waals surface area contributed by atoms with Crippen LogP contribution in [-0.4, -0.2) is 29.8 Å². The van der Waals surface area contributed by atoms with Crippen LogP contribution in [0.1, 0.15) is 35.5 Å². The number of pyridine rings is 1. The quantitative estimate of drug-likeness (QED) is 0.644. The molecule has 30 heavy (non-hydrogen) atoms. The van der Waals surface area contributed by atoms with Crippen molar-refractivity contribution in [3.8, 4) is 11.5 Å². The SMILES string of the molecule is CCc1nc2ccccc2c(C(=O)O[C@H](C)C(=O)Nc2ccc3c(c2)OCO3)c1C. The molecule has 1 amide bonds. The van der Waals surface area contributed by atoms with Crippen LogP contribution in [0.15, 0.2) is 42.5 Å². The highest BCUT2D eigenvalue weighted by Gasteiger charge is 2.24. The molecule has 2 aromatic carbocycles. The molecule has 1 aliphatic rings. The van der Waals surface area contributed by atoms with Gasteiger partial charge in [0, 0.05) is 22.8 Å². The van der Waals surface area contributed by atoms with E-state index in [0.717, 1.165) is 16.8 Å². The highest BCUT2D eigenvalue weighted by atomic mass is 16.7. The molecule has 7 nitrogen and oxygen atoms in total. The third-order valence-electron chi connectivity index (χ3n) is 5.07. The maximum atomic E-state index is 13.0. The molecule has 0 bridgehead atoms. The van der Waals surface area contributed by atoms with Crippen molar-refractivity contribution in [3.05, 3.63) is 59.3 Å². The molecule has 1 aromatic heterocycles. The van der Waals surface area contributed by atoms with E-state index in [0.29, 0.717) is 34.6 Å². The number of aromatic nitrogens is 1. The number of amides is 1. The highest BCUT2D eigenvalue weighted by molar-refractivity contribution is 6.06. The maximum absolute atomic E-state index is 13.0. The van der Waals surface area contributed by atoms with Gasteiger partial charge in [0.25, 0.3) is 5.91 Å². The molecule has 0 radical (unpaired) electrons. The first kappa shape index (κ1) is 19.7. The lowest BCUT2D eigenvalue weighted by molar-refractivity contribution is -0.123. The van der Waals surface area contributed by atoms with Gasteiger partial charge in [-0.2, -0.15) is 0 Å². The summed E-state index contributed by atoms with van der Waals surface area (Å²) < 4.78 is 16.1. The van der Waals surface area contributed by atoms with Crippen molar-refractivity contribution in [2.24, 2.45) is 0 Å². The van der Waals surface area contributed by atoms with Crippen LogP contribution in [0, 0.1) is 6.92 Å². The molecule has 1 aliphatic heterocycles. The molecule has 0 fully saturated rings. The highest BCUT2D eigenvalue weighted by Crippen LogP contribution is 2.34. The van der Waals surface area contributed by atoms with Crippen LogP contribution in [0.25, 0.3) is 10.9 Å². The number of aryl methyl sites for hydroxylation is 1. The van der Waals surface area contributed by atoms with Gasteiger partial charge in [-0.3, -0.25) is 9.78 Å². The van der Waals surface area contributed by atoms with Gasteiger partial charge in [0.05, 0.1) is 11.1 Å². The number of carbonyl (C=O) groups is 2. The van der Waals surface area contributed by atoms with E-state index in [-0.39, 0.29) is 6.79 Å². The summed E-state index contributed by atoms with van der Waals surface area (Å²) in [5.41, 5.74) is 3.30. The van der Waals surface area contributed by atoms with Crippen molar-refractivity contribution in [3.63, 3.8) is 0 Å². The summed E-state index contributed by atoms with van der Waals surface area (Å²) in [7, 11) is 0. The molecular weight excluding hydrogens is 384 g/mol. The van der Waals surface area contributed by atoms with Gasteiger partial charge in [0.1, 0.15) is 0 Å². The number of para-hydroxylation sites is 1. The van der Waals surface area contributed by atoms with Crippen LogP contribution in [-0.2, 0) is 16.0 Å². The van der Waals surface area contributed by atoms with Gasteiger partial charge in [-0.05, 0) is 44.0 Å². The number of anilines is 1. The number of esters is 1. The van der Waals surface area contributed by atoms with E-state index in [1.165, 1.54) is 0 Å². The molecular formula is C23H22N2O5. The van der Waals surface area contributed by atoms with Gasteiger partial charge in [0.15, 0.2) is 17.6 Å². The van der Waals surface area contributed by atoms with Crippen LogP contribution in [0.5, 0.6) is 11.5 Å². The molecule has 1 N–H and O–H groups in total. The second kappa shape index (κ2) is 8.02. The molecule has 0 aliphatic carbocycles. The molecule has 0 unspecified atom stereocenters. The number of nitrogens with zero attached hydrogens (tertiary/aromatic N) is 1. The van der Waals surface area contributed by atoms with E-state index < -0.39 is 18.0 Å². The van der Waals surface area contributed by atoms with Gasteiger partial charge in [0.2, 0.25) is 6.79 Å². The molecule has 0 saturated heterocycles. The van der Waals surface area contributed by atoms with E-state index in [1.807, 2.05) is 38.1 Å². The average molecular weight is 406 g/mol. The molecule has 3 aromatic rings. The van der Waals surface area contributed by atoms with Crippen molar-refractivity contribution in [2.45, 2.75) is 33.3 Å². The van der Waals surface area contributed by atoms with Gasteiger partial charge in [-0.1, -0.05) is 25.1 Å². The lowest BCUT2D eigenvalue weighted by atomic mass is 10.0. The zero-order valence-electron chi connectivity index (χ0n) is 17.0. The molecule has 2 heterocycles. The Bertz CT molecular complexity index is 1140. The average Bonchev–Trinajstić information content (AvgIpc) is 3.21. The topological polar surface area (TPSA) is 86.8 Å². The second-order valence-corrected chi connectivity index (χ2v) is 7.03. The summed E-state index contributed by atoms with van der Waals surface area (Å²) in [5.74, 6) is 0.200. The third kappa shape index (κ3) is 3.66. The zero-order valence-corrected chi connectivity index (χ0v) is 17.0. The normalized spacial score (nSPS) is 13.2. The smallest absolute Gasteiger partial charge is 0.339 e. The van der Waals surface area contributed by atoms with Gasteiger partial charge in [-0.15, -0.1) is 0 Å². The number of hydrogen-bond donors (Lipinski definition) is 1. The standard InChI is InChI=1S/C23H22N2O5/c1-4-17-13(2)21(16-7-5-6-8-18(16)25-17)23(27)30-14(3)22(26)24-15-9-10-19-20(11-15)29-12-28-19/h5-11,14H,4,12H2,1-3H3,(H,24,26)/t14-/m1/s1. The Labute approximate surface area is 174 Å². The van der Waals surface area contributed by atoms with Crippen LogP contribution in [0.2, 0.25) is 0 Å². The van der Waals surface area contributed by atoms with E-state index in [2.05, 4.69) is 10.3 Å². The van der Waals surface area contributed by atoms with E-state index >= 15 is 0 Å². The van der Waals surface area contributed by atoms with Crippen LogP contribution < -0.4 is 14.8 Å². The molecule has 7 heteroatoms. The zero-order chi connectivity index (χ0) is 21.3. The third-order valence-corrected chi connectivity index (χ3v) is 5.07. The summed E-state index contributed by atoms with van der Waals surface area (Å²) in [5, 5.41) is 3.45. The number of hydrogen-bond acceptors (Lipinski definition) is 6. The predicted octanol–water partition coefficient (Wildman–Crippen LogP) is 4.02. The number of rotatable bonds is 5. The Kier molecular flexibility index (Phi) is 5.27. The minimum Gasteiger partial charge on any atom is -0.454 e. The summed E-state index contributed by atoms with van der Waals surface area (Å²) >= 11 is 0. The van der Waals surface area contributed by atoms with Crippen molar-refractivity contribution < 1.29 is 23.8 Å². The first-order valence-electron chi connectivity index (χ1n) is 9.77.